The van der Waals surface area contributed by atoms with Gasteiger partial charge in [-0.1, -0.05) is 49.4 Å². The van der Waals surface area contributed by atoms with Crippen LogP contribution < -0.4 is 5.32 Å². The number of hydrogen-bond acceptors (Lipinski definition) is 4. The zero-order chi connectivity index (χ0) is 16.5. The molecule has 1 atom stereocenters. The lowest BCUT2D eigenvalue weighted by atomic mass is 10.2. The molecule has 2 heterocycles. The van der Waals surface area contributed by atoms with Crippen molar-refractivity contribution in [2.24, 2.45) is 0 Å². The first-order valence-electron chi connectivity index (χ1n) is 8.27. The molecule has 1 N–H and O–H groups in total. The van der Waals surface area contributed by atoms with Gasteiger partial charge in [-0.15, -0.1) is 0 Å². The molecule has 4 rings (SSSR count). The predicted molar refractivity (Wildman–Crippen MR) is 98.1 cm³/mol. The number of rotatable bonds is 4. The van der Waals surface area contributed by atoms with Gasteiger partial charge in [0.1, 0.15) is 11.1 Å². The Labute approximate surface area is 140 Å². The van der Waals surface area contributed by atoms with Gasteiger partial charge in [-0.2, -0.15) is 0 Å². The van der Waals surface area contributed by atoms with Crippen molar-refractivity contribution in [3.05, 3.63) is 54.6 Å². The molecule has 1 unspecified atom stereocenters. The minimum absolute atomic E-state index is 0.305. The van der Waals surface area contributed by atoms with Gasteiger partial charge in [-0.25, -0.2) is 9.97 Å². The van der Waals surface area contributed by atoms with Gasteiger partial charge in [0.05, 0.1) is 0 Å². The van der Waals surface area contributed by atoms with Crippen LogP contribution in [0.3, 0.4) is 0 Å². The molecule has 4 heteroatoms. The van der Waals surface area contributed by atoms with E-state index in [1.165, 1.54) is 0 Å². The van der Waals surface area contributed by atoms with Gasteiger partial charge >= 0.3 is 0 Å². The number of para-hydroxylation sites is 1. The number of benzene rings is 2. The largest absolute Gasteiger partial charge is 0.450 e. The summed E-state index contributed by atoms with van der Waals surface area (Å²) in [5.41, 5.74) is 3.40. The number of fused-ring (bicyclic) bond motifs is 3. The lowest BCUT2D eigenvalue weighted by Gasteiger charge is -2.13. The van der Waals surface area contributed by atoms with E-state index >= 15 is 0 Å². The molecule has 2 aromatic carbocycles. The molecule has 120 valence electrons. The molecule has 0 bridgehead atoms. The van der Waals surface area contributed by atoms with Gasteiger partial charge in [0.15, 0.2) is 17.2 Å². The van der Waals surface area contributed by atoms with Crippen molar-refractivity contribution in [2.45, 2.75) is 26.3 Å². The van der Waals surface area contributed by atoms with E-state index in [-0.39, 0.29) is 0 Å². The predicted octanol–water partition coefficient (Wildman–Crippen LogP) is 5.25. The van der Waals surface area contributed by atoms with Gasteiger partial charge in [0.2, 0.25) is 0 Å². The smallest absolute Gasteiger partial charge is 0.196 e. The van der Waals surface area contributed by atoms with Crippen molar-refractivity contribution in [1.82, 2.24) is 9.97 Å². The van der Waals surface area contributed by atoms with Crippen molar-refractivity contribution >= 4 is 27.9 Å². The van der Waals surface area contributed by atoms with E-state index in [1.54, 1.807) is 0 Å². The Morgan fingerprint density at radius 1 is 1.00 bits per heavy atom. The minimum atomic E-state index is 0.305. The standard InChI is InChI=1S/C20H19N3O/c1-3-13(2)21-20-18-17(15-11-7-8-12-16(15)24-18)22-19(23-20)14-9-5-4-6-10-14/h4-13H,3H2,1-2H3,(H,21,22,23). The van der Waals surface area contributed by atoms with Crippen LogP contribution >= 0.6 is 0 Å². The van der Waals surface area contributed by atoms with Crippen molar-refractivity contribution in [2.75, 3.05) is 5.32 Å². The van der Waals surface area contributed by atoms with Crippen LogP contribution in [-0.2, 0) is 0 Å². The summed E-state index contributed by atoms with van der Waals surface area (Å²) in [7, 11) is 0. The van der Waals surface area contributed by atoms with Crippen LogP contribution in [-0.4, -0.2) is 16.0 Å². The fourth-order valence-corrected chi connectivity index (χ4v) is 2.74. The summed E-state index contributed by atoms with van der Waals surface area (Å²) in [4.78, 5) is 9.52. The first-order valence-corrected chi connectivity index (χ1v) is 8.27. The average Bonchev–Trinajstić information content (AvgIpc) is 3.01. The molecule has 0 saturated heterocycles. The summed E-state index contributed by atoms with van der Waals surface area (Å²) in [6, 6.07) is 18.3. The maximum atomic E-state index is 6.03. The topological polar surface area (TPSA) is 51.0 Å². The second kappa shape index (κ2) is 5.96. The molecule has 0 radical (unpaired) electrons. The van der Waals surface area contributed by atoms with E-state index in [0.717, 1.165) is 39.9 Å². The van der Waals surface area contributed by atoms with Gasteiger partial charge < -0.3 is 9.73 Å². The van der Waals surface area contributed by atoms with Crippen molar-refractivity contribution in [3.63, 3.8) is 0 Å². The summed E-state index contributed by atoms with van der Waals surface area (Å²) in [6.45, 7) is 4.28. The molecular weight excluding hydrogens is 298 g/mol. The highest BCUT2D eigenvalue weighted by Gasteiger charge is 2.17. The van der Waals surface area contributed by atoms with Crippen LogP contribution in [0.4, 0.5) is 5.82 Å². The van der Waals surface area contributed by atoms with E-state index in [4.69, 9.17) is 14.4 Å². The molecule has 0 saturated carbocycles. The Bertz CT molecular complexity index is 992. The molecule has 0 aliphatic rings. The first kappa shape index (κ1) is 14.7. The van der Waals surface area contributed by atoms with Crippen molar-refractivity contribution in [3.8, 4) is 11.4 Å². The Morgan fingerprint density at radius 3 is 2.54 bits per heavy atom. The summed E-state index contributed by atoms with van der Waals surface area (Å²) in [5.74, 6) is 1.46. The Hall–Kier alpha value is -2.88. The van der Waals surface area contributed by atoms with E-state index in [1.807, 2.05) is 54.6 Å². The highest BCUT2D eigenvalue weighted by molar-refractivity contribution is 6.06. The molecule has 0 fully saturated rings. The molecule has 24 heavy (non-hydrogen) atoms. The summed E-state index contributed by atoms with van der Waals surface area (Å²) < 4.78 is 6.03. The second-order valence-corrected chi connectivity index (χ2v) is 5.99. The number of nitrogens with zero attached hydrogens (tertiary/aromatic N) is 2. The summed E-state index contributed by atoms with van der Waals surface area (Å²) in [6.07, 6.45) is 1.01. The first-order chi connectivity index (χ1) is 11.8. The number of furan rings is 1. The quantitative estimate of drug-likeness (QED) is 0.558. The van der Waals surface area contributed by atoms with Crippen LogP contribution in [0.15, 0.2) is 59.0 Å². The highest BCUT2D eigenvalue weighted by atomic mass is 16.3. The molecule has 0 aliphatic carbocycles. The minimum Gasteiger partial charge on any atom is -0.450 e. The van der Waals surface area contributed by atoms with E-state index < -0.39 is 0 Å². The third kappa shape index (κ3) is 2.50. The van der Waals surface area contributed by atoms with Crippen LogP contribution in [0.2, 0.25) is 0 Å². The molecule has 0 aliphatic heterocycles. The molecular formula is C20H19N3O. The number of nitrogens with one attached hydrogen (secondary N) is 1. The van der Waals surface area contributed by atoms with E-state index in [2.05, 4.69) is 19.2 Å². The van der Waals surface area contributed by atoms with Gasteiger partial charge in [0.25, 0.3) is 0 Å². The number of aromatic nitrogens is 2. The highest BCUT2D eigenvalue weighted by Crippen LogP contribution is 2.33. The number of hydrogen-bond donors (Lipinski definition) is 1. The van der Waals surface area contributed by atoms with Gasteiger partial charge in [-0.3, -0.25) is 0 Å². The second-order valence-electron chi connectivity index (χ2n) is 5.99. The maximum absolute atomic E-state index is 6.03. The third-order valence-corrected chi connectivity index (χ3v) is 4.25. The zero-order valence-electron chi connectivity index (χ0n) is 13.8. The molecule has 4 nitrogen and oxygen atoms in total. The monoisotopic (exact) mass is 317 g/mol. The lowest BCUT2D eigenvalue weighted by Crippen LogP contribution is -2.15. The summed E-state index contributed by atoms with van der Waals surface area (Å²) in [5, 5.41) is 4.47. The SMILES string of the molecule is CCC(C)Nc1nc(-c2ccccc2)nc2c1oc1ccccc12. The Kier molecular flexibility index (Phi) is 3.65. The van der Waals surface area contributed by atoms with Crippen molar-refractivity contribution in [1.29, 1.82) is 0 Å². The van der Waals surface area contributed by atoms with Crippen LogP contribution in [0.5, 0.6) is 0 Å². The fourth-order valence-electron chi connectivity index (χ4n) is 2.74. The van der Waals surface area contributed by atoms with Gasteiger partial charge in [-0.05, 0) is 25.5 Å². The normalized spacial score (nSPS) is 12.6. The van der Waals surface area contributed by atoms with Crippen LogP contribution in [0.25, 0.3) is 33.5 Å². The van der Waals surface area contributed by atoms with Crippen LogP contribution in [0, 0.1) is 0 Å². The molecule has 4 aromatic rings. The maximum Gasteiger partial charge on any atom is 0.196 e. The van der Waals surface area contributed by atoms with Crippen LogP contribution in [0.1, 0.15) is 20.3 Å². The molecule has 0 amide bonds. The lowest BCUT2D eigenvalue weighted by molar-refractivity contribution is 0.663. The Morgan fingerprint density at radius 2 is 1.75 bits per heavy atom. The average molecular weight is 317 g/mol. The van der Waals surface area contributed by atoms with Crippen molar-refractivity contribution < 1.29 is 4.42 Å². The Balaban J connectivity index is 1.99. The third-order valence-electron chi connectivity index (χ3n) is 4.25. The van der Waals surface area contributed by atoms with E-state index in [0.29, 0.717) is 11.9 Å². The fraction of sp³-hybridized carbons (Fsp3) is 0.200. The number of anilines is 1. The van der Waals surface area contributed by atoms with Gasteiger partial charge in [0, 0.05) is 17.0 Å². The zero-order valence-corrected chi connectivity index (χ0v) is 13.8. The molecule has 0 spiro atoms. The van der Waals surface area contributed by atoms with E-state index in [9.17, 15) is 0 Å². The molecule has 2 aromatic heterocycles. The summed E-state index contributed by atoms with van der Waals surface area (Å²) >= 11 is 0.